The van der Waals surface area contributed by atoms with Gasteiger partial charge in [0.15, 0.2) is 5.82 Å². The fraction of sp³-hybridized carbons (Fsp3) is 0.714. The Hall–Kier alpha value is -1.92. The van der Waals surface area contributed by atoms with Crippen molar-refractivity contribution in [3.8, 4) is 0 Å². The van der Waals surface area contributed by atoms with Gasteiger partial charge >= 0.3 is 5.97 Å². The second kappa shape index (κ2) is 9.10. The molecule has 1 rings (SSSR count). The van der Waals surface area contributed by atoms with Crippen molar-refractivity contribution >= 4 is 11.9 Å². The van der Waals surface area contributed by atoms with Gasteiger partial charge in [0.2, 0.25) is 11.8 Å². The summed E-state index contributed by atoms with van der Waals surface area (Å²) in [7, 11) is 0. The van der Waals surface area contributed by atoms with Gasteiger partial charge in [-0.15, -0.1) is 0 Å². The third-order valence-corrected chi connectivity index (χ3v) is 3.03. The molecule has 1 aromatic heterocycles. The van der Waals surface area contributed by atoms with Crippen LogP contribution in [-0.4, -0.2) is 33.2 Å². The van der Waals surface area contributed by atoms with E-state index in [1.54, 1.807) is 0 Å². The van der Waals surface area contributed by atoms with Gasteiger partial charge in [0.1, 0.15) is 6.04 Å². The minimum Gasteiger partial charge on any atom is -0.480 e. The number of carbonyl (C=O) groups excluding carboxylic acids is 1. The Morgan fingerprint density at radius 2 is 2.05 bits per heavy atom. The average molecular weight is 297 g/mol. The standard InChI is InChI=1S/C14H23N3O4/c1-3-5-7-10(14(19)20)15-12(18)8-9-13-16-11(6-4-2)17-21-13/h10H,3-9H2,1-2H3,(H,15,18)(H,19,20). The topological polar surface area (TPSA) is 105 Å². The number of carboxylic acids is 1. The van der Waals surface area contributed by atoms with Crippen LogP contribution < -0.4 is 5.32 Å². The van der Waals surface area contributed by atoms with Gasteiger partial charge < -0.3 is 14.9 Å². The van der Waals surface area contributed by atoms with Crippen molar-refractivity contribution < 1.29 is 19.2 Å². The highest BCUT2D eigenvalue weighted by molar-refractivity contribution is 5.83. The van der Waals surface area contributed by atoms with Crippen LogP contribution >= 0.6 is 0 Å². The first kappa shape index (κ1) is 17.1. The summed E-state index contributed by atoms with van der Waals surface area (Å²) in [5.74, 6) is -0.262. The molecule has 7 nitrogen and oxygen atoms in total. The molecule has 1 heterocycles. The molecule has 0 spiro atoms. The lowest BCUT2D eigenvalue weighted by atomic mass is 10.1. The Bertz CT molecular complexity index is 459. The van der Waals surface area contributed by atoms with E-state index in [9.17, 15) is 9.59 Å². The average Bonchev–Trinajstić information content (AvgIpc) is 2.89. The molecule has 21 heavy (non-hydrogen) atoms. The number of carboxylic acid groups (broad SMARTS) is 1. The van der Waals surface area contributed by atoms with Crippen LogP contribution in [0, 0.1) is 0 Å². The number of amides is 1. The smallest absolute Gasteiger partial charge is 0.326 e. The van der Waals surface area contributed by atoms with E-state index in [-0.39, 0.29) is 12.3 Å². The fourth-order valence-corrected chi connectivity index (χ4v) is 1.87. The summed E-state index contributed by atoms with van der Waals surface area (Å²) >= 11 is 0. The van der Waals surface area contributed by atoms with Gasteiger partial charge in [-0.05, 0) is 12.8 Å². The van der Waals surface area contributed by atoms with Crippen LogP contribution in [0.4, 0.5) is 0 Å². The molecule has 1 aromatic rings. The predicted octanol–water partition coefficient (Wildman–Crippen LogP) is 1.71. The van der Waals surface area contributed by atoms with E-state index in [0.717, 1.165) is 25.7 Å². The monoisotopic (exact) mass is 297 g/mol. The van der Waals surface area contributed by atoms with Gasteiger partial charge in [-0.3, -0.25) is 4.79 Å². The van der Waals surface area contributed by atoms with E-state index in [2.05, 4.69) is 15.5 Å². The zero-order valence-corrected chi connectivity index (χ0v) is 12.6. The van der Waals surface area contributed by atoms with Gasteiger partial charge in [0.25, 0.3) is 0 Å². The Balaban J connectivity index is 2.39. The molecule has 118 valence electrons. The maximum atomic E-state index is 11.8. The van der Waals surface area contributed by atoms with Crippen molar-refractivity contribution in [3.63, 3.8) is 0 Å². The van der Waals surface area contributed by atoms with E-state index in [1.165, 1.54) is 0 Å². The molecule has 0 fully saturated rings. The molecule has 0 radical (unpaired) electrons. The van der Waals surface area contributed by atoms with Crippen LogP contribution in [0.2, 0.25) is 0 Å². The zero-order chi connectivity index (χ0) is 15.7. The SMILES string of the molecule is CCCCC(NC(=O)CCc1nc(CCC)no1)C(=O)O. The summed E-state index contributed by atoms with van der Waals surface area (Å²) in [5, 5.41) is 15.4. The van der Waals surface area contributed by atoms with Gasteiger partial charge in [-0.1, -0.05) is 31.8 Å². The van der Waals surface area contributed by atoms with E-state index in [4.69, 9.17) is 9.63 Å². The van der Waals surface area contributed by atoms with E-state index >= 15 is 0 Å². The number of nitrogens with one attached hydrogen (secondary N) is 1. The predicted molar refractivity (Wildman–Crippen MR) is 75.7 cm³/mol. The lowest BCUT2D eigenvalue weighted by Gasteiger charge is -2.13. The van der Waals surface area contributed by atoms with Crippen LogP contribution in [0.1, 0.15) is 57.7 Å². The van der Waals surface area contributed by atoms with Crippen molar-refractivity contribution in [2.24, 2.45) is 0 Å². The highest BCUT2D eigenvalue weighted by Gasteiger charge is 2.19. The van der Waals surface area contributed by atoms with Crippen LogP contribution in [-0.2, 0) is 22.4 Å². The quantitative estimate of drug-likeness (QED) is 0.681. The van der Waals surface area contributed by atoms with E-state index < -0.39 is 12.0 Å². The summed E-state index contributed by atoms with van der Waals surface area (Å²) < 4.78 is 5.03. The van der Waals surface area contributed by atoms with Crippen molar-refractivity contribution in [2.45, 2.75) is 64.8 Å². The van der Waals surface area contributed by atoms with Crippen molar-refractivity contribution in [1.29, 1.82) is 0 Å². The largest absolute Gasteiger partial charge is 0.480 e. The van der Waals surface area contributed by atoms with Crippen LogP contribution in [0.15, 0.2) is 4.52 Å². The molecule has 0 aliphatic heterocycles. The van der Waals surface area contributed by atoms with Crippen LogP contribution in [0.3, 0.4) is 0 Å². The molecule has 0 bridgehead atoms. The molecule has 1 unspecified atom stereocenters. The minimum absolute atomic E-state index is 0.143. The molecule has 0 aliphatic carbocycles. The normalized spacial score (nSPS) is 12.1. The maximum Gasteiger partial charge on any atom is 0.326 e. The minimum atomic E-state index is -1.00. The molecule has 7 heteroatoms. The molecule has 1 atom stereocenters. The number of carbonyl (C=O) groups is 2. The Labute approximate surface area is 124 Å². The second-order valence-corrected chi connectivity index (χ2v) is 4.95. The van der Waals surface area contributed by atoms with E-state index in [0.29, 0.717) is 24.6 Å². The first-order chi connectivity index (χ1) is 10.1. The Morgan fingerprint density at radius 1 is 1.29 bits per heavy atom. The highest BCUT2D eigenvalue weighted by atomic mass is 16.5. The summed E-state index contributed by atoms with van der Waals surface area (Å²) in [4.78, 5) is 27.0. The number of unbranched alkanes of at least 4 members (excludes halogenated alkanes) is 1. The summed E-state index contributed by atoms with van der Waals surface area (Å²) in [6.07, 6.45) is 4.24. The van der Waals surface area contributed by atoms with Gasteiger partial charge in [-0.2, -0.15) is 4.98 Å². The fourth-order valence-electron chi connectivity index (χ4n) is 1.87. The lowest BCUT2D eigenvalue weighted by Crippen LogP contribution is -2.40. The first-order valence-corrected chi connectivity index (χ1v) is 7.40. The number of hydrogen-bond acceptors (Lipinski definition) is 5. The summed E-state index contributed by atoms with van der Waals surface area (Å²) in [6, 6.07) is -0.823. The molecule has 2 N–H and O–H groups in total. The highest BCUT2D eigenvalue weighted by Crippen LogP contribution is 2.05. The van der Waals surface area contributed by atoms with Gasteiger partial charge in [0.05, 0.1) is 0 Å². The van der Waals surface area contributed by atoms with Crippen molar-refractivity contribution in [2.75, 3.05) is 0 Å². The van der Waals surface area contributed by atoms with Crippen LogP contribution in [0.25, 0.3) is 0 Å². The van der Waals surface area contributed by atoms with E-state index in [1.807, 2.05) is 13.8 Å². The summed E-state index contributed by atoms with van der Waals surface area (Å²) in [6.45, 7) is 4.00. The lowest BCUT2D eigenvalue weighted by molar-refractivity contribution is -0.142. The number of nitrogens with zero attached hydrogens (tertiary/aromatic N) is 2. The summed E-state index contributed by atoms with van der Waals surface area (Å²) in [5.41, 5.74) is 0. The first-order valence-electron chi connectivity index (χ1n) is 7.40. The second-order valence-electron chi connectivity index (χ2n) is 4.95. The molecular formula is C14H23N3O4. The Morgan fingerprint density at radius 3 is 2.67 bits per heavy atom. The number of rotatable bonds is 10. The molecule has 0 aliphatic rings. The van der Waals surface area contributed by atoms with Gasteiger partial charge in [0, 0.05) is 19.3 Å². The molecular weight excluding hydrogens is 274 g/mol. The molecule has 0 aromatic carbocycles. The maximum absolute atomic E-state index is 11.8. The van der Waals surface area contributed by atoms with Crippen LogP contribution in [0.5, 0.6) is 0 Å². The molecule has 0 saturated heterocycles. The third-order valence-electron chi connectivity index (χ3n) is 3.03. The zero-order valence-electron chi connectivity index (χ0n) is 12.6. The molecule has 1 amide bonds. The van der Waals surface area contributed by atoms with Crippen molar-refractivity contribution in [1.82, 2.24) is 15.5 Å². The Kier molecular flexibility index (Phi) is 7.42. The third kappa shape index (κ3) is 6.37. The number of hydrogen-bond donors (Lipinski definition) is 2. The van der Waals surface area contributed by atoms with Crippen molar-refractivity contribution in [3.05, 3.63) is 11.7 Å². The number of aryl methyl sites for hydroxylation is 2. The van der Waals surface area contributed by atoms with Gasteiger partial charge in [-0.25, -0.2) is 4.79 Å². The number of aliphatic carboxylic acids is 1. The number of aromatic nitrogens is 2. The molecule has 0 saturated carbocycles.